The van der Waals surface area contributed by atoms with Gasteiger partial charge in [0.15, 0.2) is 6.54 Å². The summed E-state index contributed by atoms with van der Waals surface area (Å²) in [6, 6.07) is 16.6. The molecule has 2 N–H and O–H groups in total. The van der Waals surface area contributed by atoms with E-state index in [4.69, 9.17) is 4.74 Å². The van der Waals surface area contributed by atoms with E-state index in [1.165, 1.54) is 16.1 Å². The normalized spacial score (nSPS) is 15.4. The molecule has 2 aromatic carbocycles. The summed E-state index contributed by atoms with van der Waals surface area (Å²) in [7, 11) is 2.05. The van der Waals surface area contributed by atoms with Crippen LogP contribution in [0.2, 0.25) is 0 Å². The quantitative estimate of drug-likeness (QED) is 0.714. The van der Waals surface area contributed by atoms with Crippen molar-refractivity contribution < 1.29 is 14.4 Å². The van der Waals surface area contributed by atoms with E-state index in [0.29, 0.717) is 6.54 Å². The Morgan fingerprint density at radius 3 is 2.41 bits per heavy atom. The van der Waals surface area contributed by atoms with Gasteiger partial charge in [0.2, 0.25) is 0 Å². The standard InChI is InChI=1S/C21H27N3O2S/c1-23(15-17-3-9-20(27-2)10-4-17)16-21(25)22-18-5-7-19(8-6-18)24-11-13-26-14-12-24/h3-10H,11-16H2,1-2H3,(H,22,25)/p+1. The minimum absolute atomic E-state index is 0.0346. The minimum atomic E-state index is 0.0346. The van der Waals surface area contributed by atoms with Crippen LogP contribution >= 0.6 is 11.8 Å². The maximum atomic E-state index is 12.3. The zero-order valence-corrected chi connectivity index (χ0v) is 16.8. The summed E-state index contributed by atoms with van der Waals surface area (Å²) in [4.78, 5) is 17.1. The van der Waals surface area contributed by atoms with Crippen LogP contribution in [0.25, 0.3) is 0 Å². The van der Waals surface area contributed by atoms with Crippen LogP contribution in [0.5, 0.6) is 0 Å². The van der Waals surface area contributed by atoms with Crippen molar-refractivity contribution in [2.24, 2.45) is 0 Å². The van der Waals surface area contributed by atoms with Gasteiger partial charge >= 0.3 is 0 Å². The molecule has 1 fully saturated rings. The molecule has 1 aliphatic heterocycles. The Kier molecular flexibility index (Phi) is 7.15. The molecule has 0 bridgehead atoms. The molecule has 1 unspecified atom stereocenters. The molecule has 1 atom stereocenters. The summed E-state index contributed by atoms with van der Waals surface area (Å²) in [5, 5.41) is 3.00. The van der Waals surface area contributed by atoms with Crippen LogP contribution in [0.15, 0.2) is 53.4 Å². The van der Waals surface area contributed by atoms with Crippen LogP contribution in [0.3, 0.4) is 0 Å². The van der Waals surface area contributed by atoms with E-state index >= 15 is 0 Å². The lowest BCUT2D eigenvalue weighted by atomic mass is 10.2. The number of nitrogens with one attached hydrogen (secondary N) is 2. The number of amides is 1. The van der Waals surface area contributed by atoms with Crippen LogP contribution < -0.4 is 15.1 Å². The second-order valence-electron chi connectivity index (χ2n) is 6.85. The van der Waals surface area contributed by atoms with Crippen LogP contribution in [-0.2, 0) is 16.1 Å². The number of likely N-dealkylation sites (N-methyl/N-ethyl adjacent to an activating group) is 1. The summed E-state index contributed by atoms with van der Waals surface area (Å²) in [6.07, 6.45) is 2.07. The summed E-state index contributed by atoms with van der Waals surface area (Å²) >= 11 is 1.74. The van der Waals surface area contributed by atoms with Crippen LogP contribution in [0.1, 0.15) is 5.56 Å². The number of hydrogen-bond acceptors (Lipinski definition) is 4. The molecule has 0 aromatic heterocycles. The molecular weight excluding hydrogens is 358 g/mol. The Hall–Kier alpha value is -2.02. The van der Waals surface area contributed by atoms with E-state index in [-0.39, 0.29) is 5.91 Å². The van der Waals surface area contributed by atoms with E-state index in [2.05, 4.69) is 52.9 Å². The van der Waals surface area contributed by atoms with E-state index in [1.54, 1.807) is 11.8 Å². The van der Waals surface area contributed by atoms with Gasteiger partial charge in [-0.15, -0.1) is 11.8 Å². The molecule has 27 heavy (non-hydrogen) atoms. The van der Waals surface area contributed by atoms with Gasteiger partial charge in [0.25, 0.3) is 5.91 Å². The van der Waals surface area contributed by atoms with Gasteiger partial charge in [-0.2, -0.15) is 0 Å². The van der Waals surface area contributed by atoms with Crippen molar-refractivity contribution in [1.29, 1.82) is 0 Å². The highest BCUT2D eigenvalue weighted by Gasteiger charge is 2.13. The van der Waals surface area contributed by atoms with E-state index < -0.39 is 0 Å². The Balaban J connectivity index is 1.47. The number of ether oxygens (including phenoxy) is 1. The van der Waals surface area contributed by atoms with Gasteiger partial charge in [0, 0.05) is 34.9 Å². The van der Waals surface area contributed by atoms with Crippen molar-refractivity contribution in [2.45, 2.75) is 11.4 Å². The molecule has 0 saturated carbocycles. The lowest BCUT2D eigenvalue weighted by Gasteiger charge is -2.28. The van der Waals surface area contributed by atoms with Crippen molar-refractivity contribution >= 4 is 29.0 Å². The van der Waals surface area contributed by atoms with Crippen LogP contribution in [-0.4, -0.2) is 52.1 Å². The number of rotatable bonds is 7. The number of hydrogen-bond donors (Lipinski definition) is 2. The third-order valence-corrected chi connectivity index (χ3v) is 5.40. The average molecular weight is 387 g/mol. The van der Waals surface area contributed by atoms with Crippen molar-refractivity contribution in [3.8, 4) is 0 Å². The van der Waals surface area contributed by atoms with Crippen molar-refractivity contribution in [3.05, 3.63) is 54.1 Å². The number of carbonyl (C=O) groups is 1. The molecule has 5 nitrogen and oxygen atoms in total. The molecule has 0 spiro atoms. The first-order chi connectivity index (χ1) is 13.1. The van der Waals surface area contributed by atoms with Gasteiger partial charge in [0.05, 0.1) is 20.3 Å². The number of morpholine rings is 1. The Labute approximate surface area is 165 Å². The van der Waals surface area contributed by atoms with Gasteiger partial charge in [-0.1, -0.05) is 12.1 Å². The number of thioether (sulfide) groups is 1. The molecule has 2 aromatic rings. The van der Waals surface area contributed by atoms with Gasteiger partial charge in [-0.3, -0.25) is 4.79 Å². The Bertz CT molecular complexity index is 728. The topological polar surface area (TPSA) is 46.0 Å². The first-order valence-corrected chi connectivity index (χ1v) is 10.5. The molecule has 0 radical (unpaired) electrons. The maximum absolute atomic E-state index is 12.3. The van der Waals surface area contributed by atoms with Crippen molar-refractivity contribution in [2.75, 3.05) is 56.4 Å². The number of anilines is 2. The van der Waals surface area contributed by atoms with Crippen molar-refractivity contribution in [3.63, 3.8) is 0 Å². The number of nitrogens with zero attached hydrogens (tertiary/aromatic N) is 1. The SMILES string of the molecule is CSc1ccc(C[NH+](C)CC(=O)Nc2ccc(N3CCOCC3)cc2)cc1. The van der Waals surface area contributed by atoms with Crippen molar-refractivity contribution in [1.82, 2.24) is 0 Å². The van der Waals surface area contributed by atoms with Crippen LogP contribution in [0, 0.1) is 0 Å². The fourth-order valence-corrected chi connectivity index (χ4v) is 3.62. The van der Waals surface area contributed by atoms with Gasteiger partial charge in [-0.25, -0.2) is 0 Å². The Morgan fingerprint density at radius 2 is 1.78 bits per heavy atom. The third-order valence-electron chi connectivity index (χ3n) is 4.65. The number of quaternary nitrogens is 1. The largest absolute Gasteiger partial charge is 0.378 e. The molecule has 0 aliphatic carbocycles. The smallest absolute Gasteiger partial charge is 0.279 e. The molecule has 6 heteroatoms. The Morgan fingerprint density at radius 1 is 1.11 bits per heavy atom. The number of carbonyl (C=O) groups excluding carboxylic acids is 1. The zero-order valence-electron chi connectivity index (χ0n) is 16.0. The molecule has 144 valence electrons. The molecular formula is C21H28N3O2S+. The van der Waals surface area contributed by atoms with Gasteiger partial charge in [0.1, 0.15) is 6.54 Å². The summed E-state index contributed by atoms with van der Waals surface area (Å²) in [5.74, 6) is 0.0346. The first-order valence-electron chi connectivity index (χ1n) is 9.31. The second kappa shape index (κ2) is 9.78. The summed E-state index contributed by atoms with van der Waals surface area (Å²) < 4.78 is 5.39. The maximum Gasteiger partial charge on any atom is 0.279 e. The average Bonchev–Trinajstić information content (AvgIpc) is 2.69. The second-order valence-corrected chi connectivity index (χ2v) is 7.73. The fourth-order valence-electron chi connectivity index (χ4n) is 3.21. The minimum Gasteiger partial charge on any atom is -0.378 e. The van der Waals surface area contributed by atoms with E-state index in [9.17, 15) is 4.79 Å². The van der Waals surface area contributed by atoms with E-state index in [1.807, 2.05) is 19.2 Å². The number of benzene rings is 2. The fraction of sp³-hybridized carbons (Fsp3) is 0.381. The molecule has 1 heterocycles. The van der Waals surface area contributed by atoms with Crippen LogP contribution in [0.4, 0.5) is 11.4 Å². The van der Waals surface area contributed by atoms with E-state index in [0.717, 1.165) is 43.4 Å². The van der Waals surface area contributed by atoms with Gasteiger partial charge in [-0.05, 0) is 42.7 Å². The molecule has 1 amide bonds. The lowest BCUT2D eigenvalue weighted by Crippen LogP contribution is -3.08. The molecule has 1 saturated heterocycles. The highest BCUT2D eigenvalue weighted by molar-refractivity contribution is 7.98. The summed E-state index contributed by atoms with van der Waals surface area (Å²) in [6.45, 7) is 4.64. The molecule has 1 aliphatic rings. The monoisotopic (exact) mass is 386 g/mol. The predicted molar refractivity (Wildman–Crippen MR) is 112 cm³/mol. The van der Waals surface area contributed by atoms with Gasteiger partial charge < -0.3 is 19.9 Å². The highest BCUT2D eigenvalue weighted by Crippen LogP contribution is 2.19. The molecule has 3 rings (SSSR count). The third kappa shape index (κ3) is 5.99. The zero-order chi connectivity index (χ0) is 19.1. The predicted octanol–water partition coefficient (Wildman–Crippen LogP) is 1.90. The summed E-state index contributed by atoms with van der Waals surface area (Å²) in [5.41, 5.74) is 3.26. The highest BCUT2D eigenvalue weighted by atomic mass is 32.2. The first kappa shape index (κ1) is 19.7. The lowest BCUT2D eigenvalue weighted by molar-refractivity contribution is -0.885.